The molecule has 1 aliphatic heterocycles. The largest absolute Gasteiger partial charge is 0.375 e. The molecular formula is C14H19N3O3S. The average Bonchev–Trinajstić information content (AvgIpc) is 2.53. The number of nitrogens with zero attached hydrogens (tertiary/aromatic N) is 2. The minimum Gasteiger partial charge on any atom is -0.375 e. The van der Waals surface area contributed by atoms with E-state index in [1.165, 1.54) is 22.8 Å². The van der Waals surface area contributed by atoms with Crippen LogP contribution < -0.4 is 5.73 Å². The van der Waals surface area contributed by atoms with E-state index in [9.17, 15) is 8.42 Å². The summed E-state index contributed by atoms with van der Waals surface area (Å²) in [5.74, 6) is 5.48. The third kappa shape index (κ3) is 3.80. The Labute approximate surface area is 125 Å². The van der Waals surface area contributed by atoms with Crippen LogP contribution in [-0.2, 0) is 14.8 Å². The number of rotatable bonds is 3. The Hall–Kier alpha value is -1.46. The number of sulfonamides is 1. The summed E-state index contributed by atoms with van der Waals surface area (Å²) >= 11 is 0. The number of pyridine rings is 1. The van der Waals surface area contributed by atoms with Gasteiger partial charge >= 0.3 is 0 Å². The fraction of sp³-hybridized carbons (Fsp3) is 0.500. The van der Waals surface area contributed by atoms with Crippen LogP contribution in [0.5, 0.6) is 0 Å². The lowest BCUT2D eigenvalue weighted by atomic mass is 10.2. The molecule has 1 atom stereocenters. The first-order chi connectivity index (χ1) is 10.1. The van der Waals surface area contributed by atoms with E-state index in [1.807, 2.05) is 6.92 Å². The monoisotopic (exact) mass is 309 g/mol. The predicted molar refractivity (Wildman–Crippen MR) is 79.0 cm³/mol. The molecule has 1 aliphatic rings. The highest BCUT2D eigenvalue weighted by Gasteiger charge is 2.30. The van der Waals surface area contributed by atoms with E-state index in [0.29, 0.717) is 25.3 Å². The van der Waals surface area contributed by atoms with Gasteiger partial charge in [-0.1, -0.05) is 18.8 Å². The molecule has 1 saturated heterocycles. The number of ether oxygens (including phenoxy) is 1. The van der Waals surface area contributed by atoms with Gasteiger partial charge in [-0.05, 0) is 12.5 Å². The Morgan fingerprint density at radius 3 is 3.05 bits per heavy atom. The van der Waals surface area contributed by atoms with Gasteiger partial charge in [-0.15, -0.1) is 0 Å². The van der Waals surface area contributed by atoms with Gasteiger partial charge in [-0.2, -0.15) is 4.31 Å². The van der Waals surface area contributed by atoms with Crippen LogP contribution in [0.4, 0.5) is 0 Å². The molecule has 0 aliphatic carbocycles. The van der Waals surface area contributed by atoms with Gasteiger partial charge in [-0.3, -0.25) is 4.98 Å². The molecule has 1 unspecified atom stereocenters. The lowest BCUT2D eigenvalue weighted by molar-refractivity contribution is -0.00278. The number of nitrogens with two attached hydrogens (primary N) is 1. The zero-order valence-corrected chi connectivity index (χ0v) is 12.8. The summed E-state index contributed by atoms with van der Waals surface area (Å²) < 4.78 is 32.2. The number of hydrogen-bond donors (Lipinski definition) is 1. The van der Waals surface area contributed by atoms with Crippen LogP contribution in [0.2, 0.25) is 0 Å². The third-order valence-electron chi connectivity index (χ3n) is 3.24. The van der Waals surface area contributed by atoms with E-state index in [0.717, 1.165) is 6.42 Å². The minimum absolute atomic E-state index is 0.0540. The Bertz CT molecular complexity index is 649. The summed E-state index contributed by atoms with van der Waals surface area (Å²) in [6, 6.07) is 1.53. The van der Waals surface area contributed by atoms with Crippen LogP contribution in [0.1, 0.15) is 18.9 Å². The van der Waals surface area contributed by atoms with Crippen molar-refractivity contribution in [3.63, 3.8) is 0 Å². The first-order valence-corrected chi connectivity index (χ1v) is 8.27. The fourth-order valence-corrected chi connectivity index (χ4v) is 3.53. The Morgan fingerprint density at radius 1 is 1.52 bits per heavy atom. The topological polar surface area (TPSA) is 85.5 Å². The molecule has 0 bridgehead atoms. The number of hydrogen-bond acceptors (Lipinski definition) is 5. The summed E-state index contributed by atoms with van der Waals surface area (Å²) in [6.07, 6.45) is 3.60. The molecule has 0 aromatic carbocycles. The quantitative estimate of drug-likeness (QED) is 0.806. The molecule has 6 nitrogen and oxygen atoms in total. The fourth-order valence-electron chi connectivity index (χ4n) is 2.09. The predicted octanol–water partition coefficient (Wildman–Crippen LogP) is 0.191. The van der Waals surface area contributed by atoms with Gasteiger partial charge in [0.25, 0.3) is 0 Å². The molecule has 1 fully saturated rings. The van der Waals surface area contributed by atoms with Crippen LogP contribution >= 0.6 is 0 Å². The third-order valence-corrected chi connectivity index (χ3v) is 5.07. The maximum Gasteiger partial charge on any atom is 0.244 e. The SMILES string of the molecule is CCC1CN(S(=O)(=O)c2cncc(C#CCN)c2)CCO1. The standard InChI is InChI=1S/C14H19N3O3S/c1-2-13-11-17(6-7-20-13)21(18,19)14-8-12(4-3-5-15)9-16-10-14/h8-10,13H,2,5-7,11,15H2,1H3. The van der Waals surface area contributed by atoms with Gasteiger partial charge in [0.05, 0.1) is 19.3 Å². The molecular weight excluding hydrogens is 290 g/mol. The van der Waals surface area contributed by atoms with Gasteiger partial charge in [-0.25, -0.2) is 8.42 Å². The van der Waals surface area contributed by atoms with Gasteiger partial charge in [0.15, 0.2) is 0 Å². The van der Waals surface area contributed by atoms with Crippen molar-refractivity contribution in [2.24, 2.45) is 5.73 Å². The molecule has 0 radical (unpaired) electrons. The summed E-state index contributed by atoms with van der Waals surface area (Å²) in [5.41, 5.74) is 5.86. The molecule has 114 valence electrons. The van der Waals surface area contributed by atoms with Gasteiger partial charge in [0, 0.05) is 31.0 Å². The van der Waals surface area contributed by atoms with Crippen LogP contribution in [0.15, 0.2) is 23.4 Å². The van der Waals surface area contributed by atoms with Crippen molar-refractivity contribution in [3.05, 3.63) is 24.0 Å². The average molecular weight is 309 g/mol. The molecule has 2 heterocycles. The molecule has 1 aromatic rings. The van der Waals surface area contributed by atoms with Crippen LogP contribution in [0.3, 0.4) is 0 Å². The lowest BCUT2D eigenvalue weighted by Gasteiger charge is -2.31. The Morgan fingerprint density at radius 2 is 2.33 bits per heavy atom. The van der Waals surface area contributed by atoms with Crippen molar-refractivity contribution in [1.29, 1.82) is 0 Å². The summed E-state index contributed by atoms with van der Waals surface area (Å²) in [7, 11) is -3.56. The van der Waals surface area contributed by atoms with Crippen LogP contribution in [0, 0.1) is 11.8 Å². The highest BCUT2D eigenvalue weighted by molar-refractivity contribution is 7.89. The van der Waals surface area contributed by atoms with Crippen LogP contribution in [-0.4, -0.2) is 50.1 Å². The number of aromatic nitrogens is 1. The lowest BCUT2D eigenvalue weighted by Crippen LogP contribution is -2.45. The minimum atomic E-state index is -3.56. The Balaban J connectivity index is 2.26. The zero-order valence-electron chi connectivity index (χ0n) is 11.9. The first-order valence-electron chi connectivity index (χ1n) is 6.83. The molecule has 1 aromatic heterocycles. The van der Waals surface area contributed by atoms with Crippen molar-refractivity contribution in [2.75, 3.05) is 26.2 Å². The molecule has 0 amide bonds. The second-order valence-electron chi connectivity index (χ2n) is 4.68. The van der Waals surface area contributed by atoms with E-state index in [1.54, 1.807) is 0 Å². The van der Waals surface area contributed by atoms with E-state index in [4.69, 9.17) is 10.5 Å². The summed E-state index contributed by atoms with van der Waals surface area (Å²) in [5, 5.41) is 0. The van der Waals surface area contributed by atoms with E-state index >= 15 is 0 Å². The van der Waals surface area contributed by atoms with E-state index in [-0.39, 0.29) is 17.5 Å². The highest BCUT2D eigenvalue weighted by Crippen LogP contribution is 2.19. The molecule has 0 saturated carbocycles. The second-order valence-corrected chi connectivity index (χ2v) is 6.62. The maximum absolute atomic E-state index is 12.6. The highest BCUT2D eigenvalue weighted by atomic mass is 32.2. The second kappa shape index (κ2) is 7.00. The molecule has 2 N–H and O–H groups in total. The summed E-state index contributed by atoms with van der Waals surface area (Å²) in [6.45, 7) is 3.34. The van der Waals surface area contributed by atoms with Crippen molar-refractivity contribution >= 4 is 10.0 Å². The van der Waals surface area contributed by atoms with Gasteiger partial charge in [0.1, 0.15) is 4.90 Å². The smallest absolute Gasteiger partial charge is 0.244 e. The maximum atomic E-state index is 12.6. The van der Waals surface area contributed by atoms with Crippen molar-refractivity contribution in [1.82, 2.24) is 9.29 Å². The molecule has 2 rings (SSSR count). The Kier molecular flexibility index (Phi) is 5.31. The van der Waals surface area contributed by atoms with Crippen molar-refractivity contribution in [2.45, 2.75) is 24.3 Å². The summed E-state index contributed by atoms with van der Waals surface area (Å²) in [4.78, 5) is 4.11. The molecule has 21 heavy (non-hydrogen) atoms. The normalized spacial score (nSPS) is 19.8. The van der Waals surface area contributed by atoms with Gasteiger partial charge < -0.3 is 10.5 Å². The zero-order chi connectivity index (χ0) is 15.3. The molecule has 0 spiro atoms. The van der Waals surface area contributed by atoms with Crippen LogP contribution in [0.25, 0.3) is 0 Å². The van der Waals surface area contributed by atoms with Crippen molar-refractivity contribution < 1.29 is 13.2 Å². The van der Waals surface area contributed by atoms with E-state index in [2.05, 4.69) is 16.8 Å². The number of morpholine rings is 1. The van der Waals surface area contributed by atoms with Gasteiger partial charge in [0.2, 0.25) is 10.0 Å². The first kappa shape index (κ1) is 15.9. The molecule has 7 heteroatoms. The van der Waals surface area contributed by atoms with E-state index < -0.39 is 10.0 Å². The van der Waals surface area contributed by atoms with Crippen molar-refractivity contribution in [3.8, 4) is 11.8 Å².